The minimum Gasteiger partial charge on any atom is -0.456 e. The van der Waals surface area contributed by atoms with Crippen LogP contribution in [0.3, 0.4) is 0 Å². The SMILES string of the molecule is CC(C)(C)c1ccc2c(c1)C(C)(C)c1cccc(-c3ccccc3N(c3ccc(Nc4ccccc4-c4ccccc4)cc3)C3C=c4oc5ccccc5c4=CC3)c1-2. The topological polar surface area (TPSA) is 28.4 Å². The lowest BCUT2D eigenvalue weighted by Crippen LogP contribution is -2.36. The van der Waals surface area contributed by atoms with E-state index in [-0.39, 0.29) is 16.9 Å². The normalized spacial score (nSPS) is 15.2. The lowest BCUT2D eigenvalue weighted by atomic mass is 9.79. The third-order valence-electron chi connectivity index (χ3n) is 12.4. The van der Waals surface area contributed by atoms with Gasteiger partial charge in [0.2, 0.25) is 0 Å². The van der Waals surface area contributed by atoms with Crippen molar-refractivity contribution < 1.29 is 4.42 Å². The van der Waals surface area contributed by atoms with Crippen molar-refractivity contribution in [1.29, 1.82) is 0 Å². The van der Waals surface area contributed by atoms with Gasteiger partial charge in [-0.1, -0.05) is 162 Å². The van der Waals surface area contributed by atoms with Crippen LogP contribution in [0.15, 0.2) is 168 Å². The number of anilines is 4. The summed E-state index contributed by atoms with van der Waals surface area (Å²) in [5.74, 6) is 0. The van der Waals surface area contributed by atoms with Crippen molar-refractivity contribution in [3.8, 4) is 33.4 Å². The Morgan fingerprint density at radius 2 is 1.34 bits per heavy atom. The number of fused-ring (bicyclic) bond motifs is 6. The highest BCUT2D eigenvalue weighted by molar-refractivity contribution is 5.97. The second-order valence-corrected chi connectivity index (χ2v) is 17.4. The first-order chi connectivity index (χ1) is 28.1. The summed E-state index contributed by atoms with van der Waals surface area (Å²) in [5.41, 5.74) is 17.9. The zero-order valence-corrected chi connectivity index (χ0v) is 33.9. The van der Waals surface area contributed by atoms with Gasteiger partial charge in [-0.3, -0.25) is 0 Å². The van der Waals surface area contributed by atoms with E-state index in [9.17, 15) is 0 Å². The second kappa shape index (κ2) is 13.8. The van der Waals surface area contributed by atoms with Crippen molar-refractivity contribution in [2.45, 2.75) is 57.9 Å². The molecule has 284 valence electrons. The van der Waals surface area contributed by atoms with Gasteiger partial charge in [0.15, 0.2) is 0 Å². The summed E-state index contributed by atoms with van der Waals surface area (Å²) in [7, 11) is 0. The van der Waals surface area contributed by atoms with Gasteiger partial charge in [-0.2, -0.15) is 0 Å². The Kier molecular flexibility index (Phi) is 8.53. The molecule has 1 aromatic heterocycles. The molecule has 0 spiro atoms. The average molecular weight is 753 g/mol. The van der Waals surface area contributed by atoms with Crippen molar-refractivity contribution in [1.82, 2.24) is 0 Å². The van der Waals surface area contributed by atoms with Gasteiger partial charge in [-0.25, -0.2) is 0 Å². The highest BCUT2D eigenvalue weighted by Crippen LogP contribution is 2.54. The summed E-state index contributed by atoms with van der Waals surface area (Å²) >= 11 is 0. The lowest BCUT2D eigenvalue weighted by molar-refractivity contribution is 0.568. The zero-order chi connectivity index (χ0) is 39.6. The Morgan fingerprint density at radius 1 is 0.638 bits per heavy atom. The number of furan rings is 1. The molecule has 1 unspecified atom stereocenters. The van der Waals surface area contributed by atoms with Crippen molar-refractivity contribution in [3.63, 3.8) is 0 Å². The number of para-hydroxylation sites is 3. The van der Waals surface area contributed by atoms with Crippen molar-refractivity contribution in [2.24, 2.45) is 0 Å². The van der Waals surface area contributed by atoms with Crippen LogP contribution in [0.25, 0.3) is 56.5 Å². The second-order valence-electron chi connectivity index (χ2n) is 17.4. The van der Waals surface area contributed by atoms with Crippen LogP contribution in [0.5, 0.6) is 0 Å². The molecule has 1 N–H and O–H groups in total. The number of rotatable bonds is 7. The average Bonchev–Trinajstić information content (AvgIpc) is 3.73. The molecule has 8 aromatic rings. The van der Waals surface area contributed by atoms with Crippen molar-refractivity contribution in [3.05, 3.63) is 191 Å². The largest absolute Gasteiger partial charge is 0.456 e. The van der Waals surface area contributed by atoms with Gasteiger partial charge < -0.3 is 14.6 Å². The van der Waals surface area contributed by atoms with Crippen LogP contribution in [0.4, 0.5) is 22.7 Å². The van der Waals surface area contributed by atoms with Crippen LogP contribution in [0.1, 0.15) is 57.7 Å². The number of benzene rings is 7. The van der Waals surface area contributed by atoms with Crippen molar-refractivity contribution in [2.75, 3.05) is 10.2 Å². The van der Waals surface area contributed by atoms with Gasteiger partial charge in [0.25, 0.3) is 0 Å². The van der Waals surface area contributed by atoms with E-state index in [1.807, 2.05) is 6.07 Å². The summed E-state index contributed by atoms with van der Waals surface area (Å²) in [4.78, 5) is 2.52. The molecule has 58 heavy (non-hydrogen) atoms. The minimum atomic E-state index is -0.123. The van der Waals surface area contributed by atoms with E-state index in [1.54, 1.807) is 0 Å². The molecule has 3 heteroatoms. The standard InChI is InChI=1S/C55H48N2O/c1-54(2,3)37-26-32-46-48(34-37)55(4,5)47-22-15-21-45(53(46)47)42-19-10-13-24-50(42)57(40-31-33-44-43-20-11-14-25-51(43)58-52(44)35-40)39-29-27-38(28-30-39)56-49-23-12-9-18-41(49)36-16-7-6-8-17-36/h6-30,32-35,40,56H,31H2,1-5H3. The quantitative estimate of drug-likeness (QED) is 0.176. The first kappa shape index (κ1) is 35.8. The first-order valence-corrected chi connectivity index (χ1v) is 20.5. The predicted molar refractivity (Wildman–Crippen MR) is 245 cm³/mol. The Morgan fingerprint density at radius 3 is 2.16 bits per heavy atom. The molecule has 2 aliphatic rings. The van der Waals surface area contributed by atoms with Gasteiger partial charge in [-0.15, -0.1) is 0 Å². The number of hydrogen-bond donors (Lipinski definition) is 1. The molecule has 0 radical (unpaired) electrons. The fourth-order valence-corrected chi connectivity index (χ4v) is 9.30. The van der Waals surface area contributed by atoms with E-state index < -0.39 is 0 Å². The fraction of sp³-hybridized carbons (Fsp3) is 0.164. The maximum atomic E-state index is 6.52. The summed E-state index contributed by atoms with van der Waals surface area (Å²) in [6.07, 6.45) is 5.54. The van der Waals surface area contributed by atoms with E-state index in [4.69, 9.17) is 4.42 Å². The molecule has 7 aromatic carbocycles. The predicted octanol–water partition coefficient (Wildman–Crippen LogP) is 13.3. The smallest absolute Gasteiger partial charge is 0.135 e. The Bertz CT molecular complexity index is 2960. The number of hydrogen-bond acceptors (Lipinski definition) is 3. The molecule has 10 rings (SSSR count). The summed E-state index contributed by atoms with van der Waals surface area (Å²) < 4.78 is 6.52. The molecule has 1 heterocycles. The summed E-state index contributed by atoms with van der Waals surface area (Å²) in [6.45, 7) is 11.7. The molecule has 0 fully saturated rings. The highest BCUT2D eigenvalue weighted by Gasteiger charge is 2.38. The molecule has 0 amide bonds. The van der Waals surface area contributed by atoms with E-state index in [1.165, 1.54) is 60.7 Å². The molecule has 0 saturated carbocycles. The molecule has 0 aliphatic heterocycles. The van der Waals surface area contributed by atoms with Gasteiger partial charge in [0.05, 0.1) is 6.04 Å². The molecule has 0 saturated heterocycles. The van der Waals surface area contributed by atoms with Crippen LogP contribution < -0.4 is 20.9 Å². The maximum absolute atomic E-state index is 6.52. The van der Waals surface area contributed by atoms with E-state index in [2.05, 4.69) is 215 Å². The Hall–Kier alpha value is -6.58. The maximum Gasteiger partial charge on any atom is 0.135 e. The number of nitrogens with zero attached hydrogens (tertiary/aromatic N) is 1. The van der Waals surface area contributed by atoms with E-state index >= 15 is 0 Å². The Labute approximate surface area is 341 Å². The van der Waals surface area contributed by atoms with Gasteiger partial charge >= 0.3 is 0 Å². The molecule has 2 aliphatic carbocycles. The highest BCUT2D eigenvalue weighted by atomic mass is 16.3. The molecule has 0 bridgehead atoms. The lowest BCUT2D eigenvalue weighted by Gasteiger charge is -2.34. The third-order valence-corrected chi connectivity index (χ3v) is 12.4. The summed E-state index contributed by atoms with van der Waals surface area (Å²) in [5, 5.41) is 6.09. The molecule has 3 nitrogen and oxygen atoms in total. The van der Waals surface area contributed by atoms with E-state index in [0.29, 0.717) is 0 Å². The van der Waals surface area contributed by atoms with Crippen LogP contribution in [-0.4, -0.2) is 6.04 Å². The summed E-state index contributed by atoms with van der Waals surface area (Å²) in [6, 6.07) is 59.5. The van der Waals surface area contributed by atoms with Gasteiger partial charge in [-0.05, 0) is 99.3 Å². The van der Waals surface area contributed by atoms with E-state index in [0.717, 1.165) is 40.2 Å². The molecule has 1 atom stereocenters. The fourth-order valence-electron chi connectivity index (χ4n) is 9.30. The monoisotopic (exact) mass is 752 g/mol. The van der Waals surface area contributed by atoms with Crippen molar-refractivity contribution >= 4 is 45.9 Å². The van der Waals surface area contributed by atoms with Crippen LogP contribution in [0, 0.1) is 0 Å². The number of nitrogens with one attached hydrogen (secondary N) is 1. The minimum absolute atomic E-state index is 0.0154. The van der Waals surface area contributed by atoms with Crippen LogP contribution in [0.2, 0.25) is 0 Å². The van der Waals surface area contributed by atoms with Gasteiger partial charge in [0.1, 0.15) is 11.0 Å². The third kappa shape index (κ3) is 6.05. The van der Waals surface area contributed by atoms with Crippen LogP contribution in [-0.2, 0) is 10.8 Å². The van der Waals surface area contributed by atoms with Gasteiger partial charge in [0, 0.05) is 49.9 Å². The molecular formula is C55H48N2O. The first-order valence-electron chi connectivity index (χ1n) is 20.5. The van der Waals surface area contributed by atoms with Crippen LogP contribution >= 0.6 is 0 Å². The molecular weight excluding hydrogens is 705 g/mol. The Balaban J connectivity index is 1.11. The zero-order valence-electron chi connectivity index (χ0n) is 33.9.